The van der Waals surface area contributed by atoms with Crippen molar-refractivity contribution < 1.29 is 4.39 Å². The van der Waals surface area contributed by atoms with Crippen LogP contribution in [0, 0.1) is 12.7 Å². The molecule has 0 aliphatic carbocycles. The largest absolute Gasteiger partial charge is 0.370 e. The van der Waals surface area contributed by atoms with Gasteiger partial charge in [-0.3, -0.25) is 0 Å². The molecule has 100 valence electrons. The molecule has 2 aromatic rings. The molecule has 0 radical (unpaired) electrons. The quantitative estimate of drug-likeness (QED) is 0.871. The summed E-state index contributed by atoms with van der Waals surface area (Å²) in [6.45, 7) is 4.70. The van der Waals surface area contributed by atoms with Crippen molar-refractivity contribution in [2.45, 2.75) is 13.8 Å². The second-order valence-electron chi connectivity index (χ2n) is 4.17. The molecule has 5 heteroatoms. The van der Waals surface area contributed by atoms with Gasteiger partial charge in [0.1, 0.15) is 11.6 Å². The third-order valence-electron chi connectivity index (χ3n) is 2.66. The van der Waals surface area contributed by atoms with Crippen LogP contribution in [0.1, 0.15) is 12.5 Å². The first-order valence-corrected chi connectivity index (χ1v) is 6.82. The molecule has 0 saturated heterocycles. The van der Waals surface area contributed by atoms with Crippen LogP contribution in [0.25, 0.3) is 0 Å². The zero-order valence-electron chi connectivity index (χ0n) is 10.8. The molecule has 0 spiro atoms. The molecule has 0 fully saturated rings. The molecule has 0 bridgehead atoms. The van der Waals surface area contributed by atoms with Gasteiger partial charge in [0.2, 0.25) is 0 Å². The summed E-state index contributed by atoms with van der Waals surface area (Å²) in [5.41, 5.74) is 2.62. The van der Waals surface area contributed by atoms with E-state index in [4.69, 9.17) is 0 Å². The number of halogens is 2. The van der Waals surface area contributed by atoms with Gasteiger partial charge in [-0.2, -0.15) is 0 Å². The van der Waals surface area contributed by atoms with E-state index in [0.29, 0.717) is 4.47 Å². The van der Waals surface area contributed by atoms with Gasteiger partial charge in [0.05, 0.1) is 4.47 Å². The van der Waals surface area contributed by atoms with Crippen molar-refractivity contribution in [3.05, 3.63) is 46.3 Å². The first kappa shape index (κ1) is 13.8. The summed E-state index contributed by atoms with van der Waals surface area (Å²) in [6.07, 6.45) is 1.73. The summed E-state index contributed by atoms with van der Waals surface area (Å²) in [6, 6.07) is 7.02. The lowest BCUT2D eigenvalue weighted by Gasteiger charge is -2.11. The lowest BCUT2D eigenvalue weighted by molar-refractivity contribution is 0.620. The molecular weight excluding hydrogens is 309 g/mol. The maximum Gasteiger partial charge on any atom is 0.137 e. The second kappa shape index (κ2) is 6.02. The normalized spacial score (nSPS) is 10.3. The second-order valence-corrected chi connectivity index (χ2v) is 5.02. The van der Waals surface area contributed by atoms with E-state index in [9.17, 15) is 4.39 Å². The highest BCUT2D eigenvalue weighted by Crippen LogP contribution is 2.27. The number of nitrogens with one attached hydrogen (secondary N) is 2. The molecule has 3 nitrogen and oxygen atoms in total. The molecule has 0 amide bonds. The maximum absolute atomic E-state index is 13.4. The SMILES string of the molecule is CCNc1cc(Nc2cc(Br)c(F)cc2C)ccn1. The topological polar surface area (TPSA) is 37.0 Å². The molecule has 1 heterocycles. The molecule has 19 heavy (non-hydrogen) atoms. The van der Waals surface area contributed by atoms with Crippen molar-refractivity contribution >= 4 is 33.1 Å². The molecule has 0 atom stereocenters. The molecule has 2 rings (SSSR count). The third kappa shape index (κ3) is 3.44. The lowest BCUT2D eigenvalue weighted by atomic mass is 10.2. The Bertz CT molecular complexity index is 587. The summed E-state index contributed by atoms with van der Waals surface area (Å²) in [4.78, 5) is 4.20. The van der Waals surface area contributed by atoms with Crippen molar-refractivity contribution in [1.82, 2.24) is 4.98 Å². The Kier molecular flexibility index (Phi) is 4.37. The van der Waals surface area contributed by atoms with E-state index < -0.39 is 0 Å². The minimum absolute atomic E-state index is 0.258. The van der Waals surface area contributed by atoms with Crippen LogP contribution >= 0.6 is 15.9 Å². The Morgan fingerprint density at radius 2 is 2.11 bits per heavy atom. The average Bonchev–Trinajstić information content (AvgIpc) is 2.37. The zero-order valence-corrected chi connectivity index (χ0v) is 12.4. The van der Waals surface area contributed by atoms with Crippen molar-refractivity contribution in [2.75, 3.05) is 17.2 Å². The van der Waals surface area contributed by atoms with Gasteiger partial charge in [-0.15, -0.1) is 0 Å². The highest BCUT2D eigenvalue weighted by Gasteiger charge is 2.06. The van der Waals surface area contributed by atoms with Crippen molar-refractivity contribution in [3.63, 3.8) is 0 Å². The number of benzene rings is 1. The number of pyridine rings is 1. The molecule has 1 aromatic carbocycles. The van der Waals surface area contributed by atoms with Gasteiger partial charge in [0.15, 0.2) is 0 Å². The van der Waals surface area contributed by atoms with Crippen LogP contribution in [0.4, 0.5) is 21.6 Å². The van der Waals surface area contributed by atoms with Crippen LogP contribution in [0.5, 0.6) is 0 Å². The molecule has 0 aliphatic rings. The standard InChI is InChI=1S/C14H15BrFN3/c1-3-17-14-7-10(4-5-18-14)19-13-8-11(15)12(16)6-9(13)2/h4-8H,3H2,1-2H3,(H2,17,18,19). The van der Waals surface area contributed by atoms with Crippen molar-refractivity contribution in [1.29, 1.82) is 0 Å². The Morgan fingerprint density at radius 1 is 1.32 bits per heavy atom. The van der Waals surface area contributed by atoms with Crippen molar-refractivity contribution in [3.8, 4) is 0 Å². The molecule has 0 saturated carbocycles. The minimum Gasteiger partial charge on any atom is -0.370 e. The zero-order chi connectivity index (χ0) is 13.8. The van der Waals surface area contributed by atoms with E-state index in [1.807, 2.05) is 26.0 Å². The lowest BCUT2D eigenvalue weighted by Crippen LogP contribution is -2.00. The predicted octanol–water partition coefficient (Wildman–Crippen LogP) is 4.47. The van der Waals surface area contributed by atoms with Crippen LogP contribution in [0.2, 0.25) is 0 Å². The Balaban J connectivity index is 2.25. The van der Waals surface area contributed by atoms with Crippen LogP contribution in [-0.4, -0.2) is 11.5 Å². The predicted molar refractivity (Wildman–Crippen MR) is 80.5 cm³/mol. The van der Waals surface area contributed by atoms with E-state index in [-0.39, 0.29) is 5.82 Å². The third-order valence-corrected chi connectivity index (χ3v) is 3.27. The number of hydrogen-bond acceptors (Lipinski definition) is 3. The Hall–Kier alpha value is -1.62. The first-order chi connectivity index (χ1) is 9.10. The van der Waals surface area contributed by atoms with Gasteiger partial charge in [0, 0.05) is 30.2 Å². The highest BCUT2D eigenvalue weighted by molar-refractivity contribution is 9.10. The van der Waals surface area contributed by atoms with Gasteiger partial charge in [-0.05, 0) is 53.5 Å². The van der Waals surface area contributed by atoms with E-state index in [0.717, 1.165) is 29.3 Å². The smallest absolute Gasteiger partial charge is 0.137 e. The summed E-state index contributed by atoms with van der Waals surface area (Å²) in [5, 5.41) is 6.41. The summed E-state index contributed by atoms with van der Waals surface area (Å²) < 4.78 is 13.8. The average molecular weight is 324 g/mol. The van der Waals surface area contributed by atoms with Gasteiger partial charge in [0.25, 0.3) is 0 Å². The highest BCUT2D eigenvalue weighted by atomic mass is 79.9. The number of nitrogens with zero attached hydrogens (tertiary/aromatic N) is 1. The minimum atomic E-state index is -0.258. The fourth-order valence-electron chi connectivity index (χ4n) is 1.72. The Labute approximate surface area is 120 Å². The van der Waals surface area contributed by atoms with Gasteiger partial charge in [-0.1, -0.05) is 0 Å². The Morgan fingerprint density at radius 3 is 2.84 bits per heavy atom. The van der Waals surface area contributed by atoms with Crippen LogP contribution in [0.3, 0.4) is 0 Å². The van der Waals surface area contributed by atoms with Crippen molar-refractivity contribution in [2.24, 2.45) is 0 Å². The summed E-state index contributed by atoms with van der Waals surface area (Å²) in [7, 11) is 0. The number of anilines is 3. The van der Waals surface area contributed by atoms with Crippen LogP contribution in [-0.2, 0) is 0 Å². The summed E-state index contributed by atoms with van der Waals surface area (Å²) in [5.74, 6) is 0.553. The van der Waals surface area contributed by atoms with Crippen LogP contribution < -0.4 is 10.6 Å². The molecular formula is C14H15BrFN3. The fraction of sp³-hybridized carbons (Fsp3) is 0.214. The maximum atomic E-state index is 13.4. The number of aromatic nitrogens is 1. The monoisotopic (exact) mass is 323 g/mol. The molecule has 2 N–H and O–H groups in total. The fourth-order valence-corrected chi connectivity index (χ4v) is 2.07. The molecule has 0 unspecified atom stereocenters. The molecule has 0 aliphatic heterocycles. The van der Waals surface area contributed by atoms with Crippen LogP contribution in [0.15, 0.2) is 34.9 Å². The number of hydrogen-bond donors (Lipinski definition) is 2. The van der Waals surface area contributed by atoms with E-state index >= 15 is 0 Å². The first-order valence-electron chi connectivity index (χ1n) is 6.02. The van der Waals surface area contributed by atoms with E-state index in [1.165, 1.54) is 6.07 Å². The number of aryl methyl sites for hydroxylation is 1. The van der Waals surface area contributed by atoms with Gasteiger partial charge >= 0.3 is 0 Å². The molecule has 1 aromatic heterocycles. The summed E-state index contributed by atoms with van der Waals surface area (Å²) >= 11 is 3.19. The van der Waals surface area contributed by atoms with E-state index in [2.05, 4.69) is 31.5 Å². The number of rotatable bonds is 4. The van der Waals surface area contributed by atoms with E-state index in [1.54, 1.807) is 12.3 Å². The van der Waals surface area contributed by atoms with Gasteiger partial charge in [-0.25, -0.2) is 9.37 Å². The van der Waals surface area contributed by atoms with Gasteiger partial charge < -0.3 is 10.6 Å².